The predicted molar refractivity (Wildman–Crippen MR) is 83.2 cm³/mol. The average Bonchev–Trinajstić information content (AvgIpc) is 2.53. The second-order valence-corrected chi connectivity index (χ2v) is 4.96. The normalized spacial score (nSPS) is 11.6. The van der Waals surface area contributed by atoms with Crippen LogP contribution in [0.5, 0.6) is 5.75 Å². The summed E-state index contributed by atoms with van der Waals surface area (Å²) in [6.07, 6.45) is -0.0719. The van der Waals surface area contributed by atoms with Gasteiger partial charge in [-0.05, 0) is 23.3 Å². The molecule has 0 bridgehead atoms. The van der Waals surface area contributed by atoms with E-state index in [4.69, 9.17) is 10.5 Å². The van der Waals surface area contributed by atoms with Gasteiger partial charge in [-0.3, -0.25) is 9.59 Å². The number of halogens is 1. The lowest BCUT2D eigenvalue weighted by Crippen LogP contribution is -2.38. The first kappa shape index (κ1) is 16.5. The van der Waals surface area contributed by atoms with E-state index < -0.39 is 23.7 Å². The van der Waals surface area contributed by atoms with Crippen LogP contribution in [0.15, 0.2) is 48.5 Å². The average molecular weight is 316 g/mol. The number of carbonyl (C=O) groups is 2. The number of primary amides is 1. The molecule has 120 valence electrons. The van der Waals surface area contributed by atoms with Gasteiger partial charge in [-0.15, -0.1) is 0 Å². The van der Waals surface area contributed by atoms with E-state index in [0.29, 0.717) is 11.1 Å². The van der Waals surface area contributed by atoms with Crippen LogP contribution in [0.2, 0.25) is 0 Å². The first-order valence-electron chi connectivity index (χ1n) is 6.97. The molecule has 1 unspecified atom stereocenters. The molecule has 0 fully saturated rings. The molecule has 2 amide bonds. The highest BCUT2D eigenvalue weighted by Gasteiger charge is 2.20. The standard InChI is InChI=1S/C17H17FN2O3/c1-23-14-8-7-11(9-13(14)18)10-15(21)20-16(17(19)22)12-5-3-2-4-6-12/h2-9,16H,10H2,1H3,(H2,19,22)(H,20,21). The van der Waals surface area contributed by atoms with Gasteiger partial charge in [-0.2, -0.15) is 0 Å². The van der Waals surface area contributed by atoms with E-state index in [1.165, 1.54) is 19.2 Å². The third-order valence-corrected chi connectivity index (χ3v) is 3.30. The molecule has 0 aromatic heterocycles. The maximum atomic E-state index is 13.6. The van der Waals surface area contributed by atoms with Crippen molar-refractivity contribution in [1.29, 1.82) is 0 Å². The summed E-state index contributed by atoms with van der Waals surface area (Å²) in [5.74, 6) is -1.53. The maximum Gasteiger partial charge on any atom is 0.244 e. The number of rotatable bonds is 6. The quantitative estimate of drug-likeness (QED) is 0.851. The van der Waals surface area contributed by atoms with E-state index in [1.54, 1.807) is 36.4 Å². The Hall–Kier alpha value is -2.89. The molecular weight excluding hydrogens is 299 g/mol. The van der Waals surface area contributed by atoms with Crippen LogP contribution in [-0.4, -0.2) is 18.9 Å². The molecule has 0 aliphatic heterocycles. The van der Waals surface area contributed by atoms with Gasteiger partial charge in [0.1, 0.15) is 6.04 Å². The summed E-state index contributed by atoms with van der Waals surface area (Å²) < 4.78 is 18.4. The first-order valence-corrected chi connectivity index (χ1v) is 6.97. The van der Waals surface area contributed by atoms with Crippen molar-refractivity contribution in [2.75, 3.05) is 7.11 Å². The number of amides is 2. The molecule has 1 atom stereocenters. The highest BCUT2D eigenvalue weighted by molar-refractivity contribution is 5.88. The SMILES string of the molecule is COc1ccc(CC(=O)NC(C(N)=O)c2ccccc2)cc1F. The Kier molecular flexibility index (Phi) is 5.30. The zero-order valence-electron chi connectivity index (χ0n) is 12.6. The van der Waals surface area contributed by atoms with Gasteiger partial charge in [0.15, 0.2) is 11.6 Å². The van der Waals surface area contributed by atoms with Crippen LogP contribution in [0.1, 0.15) is 17.2 Å². The van der Waals surface area contributed by atoms with E-state index in [9.17, 15) is 14.0 Å². The Morgan fingerprint density at radius 2 is 1.91 bits per heavy atom. The minimum absolute atomic E-state index is 0.0719. The predicted octanol–water partition coefficient (Wildman–Crippen LogP) is 1.72. The van der Waals surface area contributed by atoms with E-state index in [2.05, 4.69) is 5.32 Å². The van der Waals surface area contributed by atoms with Gasteiger partial charge >= 0.3 is 0 Å². The lowest BCUT2D eigenvalue weighted by Gasteiger charge is -2.16. The van der Waals surface area contributed by atoms with Crippen LogP contribution in [0.3, 0.4) is 0 Å². The molecule has 3 N–H and O–H groups in total. The summed E-state index contributed by atoms with van der Waals surface area (Å²) in [6.45, 7) is 0. The second-order valence-electron chi connectivity index (χ2n) is 4.96. The fourth-order valence-electron chi connectivity index (χ4n) is 2.18. The highest BCUT2D eigenvalue weighted by Crippen LogP contribution is 2.18. The molecule has 6 heteroatoms. The number of nitrogens with two attached hydrogens (primary N) is 1. The molecule has 0 aliphatic carbocycles. The third-order valence-electron chi connectivity index (χ3n) is 3.30. The third kappa shape index (κ3) is 4.29. The summed E-state index contributed by atoms with van der Waals surface area (Å²) >= 11 is 0. The van der Waals surface area contributed by atoms with E-state index in [0.717, 1.165) is 0 Å². The van der Waals surface area contributed by atoms with Crippen molar-refractivity contribution in [3.05, 3.63) is 65.5 Å². The highest BCUT2D eigenvalue weighted by atomic mass is 19.1. The Morgan fingerprint density at radius 3 is 2.48 bits per heavy atom. The largest absolute Gasteiger partial charge is 0.494 e. The van der Waals surface area contributed by atoms with Crippen molar-refractivity contribution in [3.8, 4) is 5.75 Å². The molecule has 0 radical (unpaired) electrons. The Balaban J connectivity index is 2.08. The monoisotopic (exact) mass is 316 g/mol. The Labute approximate surface area is 133 Å². The number of carbonyl (C=O) groups excluding carboxylic acids is 2. The number of ether oxygens (including phenoxy) is 1. The summed E-state index contributed by atoms with van der Waals surface area (Å²) in [7, 11) is 1.36. The molecule has 2 rings (SSSR count). The topological polar surface area (TPSA) is 81.4 Å². The van der Waals surface area contributed by atoms with Crippen LogP contribution in [-0.2, 0) is 16.0 Å². The van der Waals surface area contributed by atoms with Gasteiger partial charge in [-0.1, -0.05) is 36.4 Å². The van der Waals surface area contributed by atoms with E-state index >= 15 is 0 Å². The zero-order valence-corrected chi connectivity index (χ0v) is 12.6. The van der Waals surface area contributed by atoms with Crippen molar-refractivity contribution in [2.45, 2.75) is 12.5 Å². The summed E-state index contributed by atoms with van der Waals surface area (Å²) in [4.78, 5) is 23.7. The van der Waals surface area contributed by atoms with E-state index in [1.807, 2.05) is 0 Å². The lowest BCUT2D eigenvalue weighted by atomic mass is 10.1. The van der Waals surface area contributed by atoms with Crippen LogP contribution in [0.4, 0.5) is 4.39 Å². The van der Waals surface area contributed by atoms with Crippen molar-refractivity contribution in [1.82, 2.24) is 5.32 Å². The Bertz CT molecular complexity index is 704. The summed E-state index contributed by atoms with van der Waals surface area (Å²) in [5, 5.41) is 2.56. The van der Waals surface area contributed by atoms with Crippen molar-refractivity contribution >= 4 is 11.8 Å². The molecule has 0 saturated heterocycles. The number of hydrogen-bond donors (Lipinski definition) is 2. The lowest BCUT2D eigenvalue weighted by molar-refractivity contribution is -0.127. The molecule has 0 saturated carbocycles. The minimum Gasteiger partial charge on any atom is -0.494 e. The first-order chi connectivity index (χ1) is 11.0. The van der Waals surface area contributed by atoms with Gasteiger partial charge in [0.05, 0.1) is 13.5 Å². The fourth-order valence-corrected chi connectivity index (χ4v) is 2.18. The van der Waals surface area contributed by atoms with Gasteiger partial charge in [0.25, 0.3) is 0 Å². The van der Waals surface area contributed by atoms with Crippen LogP contribution in [0.25, 0.3) is 0 Å². The van der Waals surface area contributed by atoms with E-state index in [-0.39, 0.29) is 12.2 Å². The van der Waals surface area contributed by atoms with Crippen molar-refractivity contribution < 1.29 is 18.7 Å². The van der Waals surface area contributed by atoms with Crippen LogP contribution < -0.4 is 15.8 Å². The number of benzene rings is 2. The molecular formula is C17H17FN2O3. The Morgan fingerprint density at radius 1 is 1.22 bits per heavy atom. The summed E-state index contributed by atoms with van der Waals surface area (Å²) in [5.41, 5.74) is 6.40. The fraction of sp³-hybridized carbons (Fsp3) is 0.176. The smallest absolute Gasteiger partial charge is 0.244 e. The maximum absolute atomic E-state index is 13.6. The van der Waals surface area contributed by atoms with Crippen molar-refractivity contribution in [2.24, 2.45) is 5.73 Å². The van der Waals surface area contributed by atoms with Gasteiger partial charge in [-0.25, -0.2) is 4.39 Å². The minimum atomic E-state index is -0.924. The van der Waals surface area contributed by atoms with Gasteiger partial charge in [0.2, 0.25) is 11.8 Å². The molecule has 23 heavy (non-hydrogen) atoms. The van der Waals surface area contributed by atoms with Gasteiger partial charge in [0, 0.05) is 0 Å². The number of hydrogen-bond acceptors (Lipinski definition) is 3. The molecule has 0 heterocycles. The molecule has 0 spiro atoms. The van der Waals surface area contributed by atoms with Crippen LogP contribution in [0, 0.1) is 5.82 Å². The van der Waals surface area contributed by atoms with Crippen molar-refractivity contribution in [3.63, 3.8) is 0 Å². The number of methoxy groups -OCH3 is 1. The van der Waals surface area contributed by atoms with Crippen LogP contribution >= 0.6 is 0 Å². The van der Waals surface area contributed by atoms with Gasteiger partial charge < -0.3 is 15.8 Å². The molecule has 5 nitrogen and oxygen atoms in total. The molecule has 2 aromatic rings. The molecule has 2 aromatic carbocycles. The zero-order chi connectivity index (χ0) is 16.8. The number of nitrogens with one attached hydrogen (secondary N) is 1. The second kappa shape index (κ2) is 7.40. The molecule has 0 aliphatic rings. The summed E-state index contributed by atoms with van der Waals surface area (Å²) in [6, 6.07) is 12.0.